The van der Waals surface area contributed by atoms with Crippen LogP contribution in [0.25, 0.3) is 0 Å². The zero-order chi connectivity index (χ0) is 9.97. The van der Waals surface area contributed by atoms with E-state index in [4.69, 9.17) is 5.11 Å². The molecule has 14 heavy (non-hydrogen) atoms. The van der Waals surface area contributed by atoms with E-state index in [1.165, 1.54) is 11.3 Å². The number of aliphatic hydroxyl groups excluding tert-OH is 1. The quantitative estimate of drug-likeness (QED) is 0.852. The third kappa shape index (κ3) is 1.93. The maximum atomic E-state index is 8.97. The molecule has 1 aliphatic rings. The van der Waals surface area contributed by atoms with Crippen LogP contribution in [0.5, 0.6) is 0 Å². The predicted molar refractivity (Wildman–Crippen MR) is 61.7 cm³/mol. The molecule has 0 aromatic heterocycles. The number of fused-ring (bicyclic) bond motifs is 1. The van der Waals surface area contributed by atoms with Gasteiger partial charge in [0.1, 0.15) is 0 Å². The largest absolute Gasteiger partial charge is 0.396 e. The smallest absolute Gasteiger partial charge is 0.0436 e. The Balaban J connectivity index is 2.30. The average Bonchev–Trinajstić information content (AvgIpc) is 2.18. The highest BCUT2D eigenvalue weighted by molar-refractivity contribution is 9.10. The van der Waals surface area contributed by atoms with Gasteiger partial charge in [0.25, 0.3) is 0 Å². The van der Waals surface area contributed by atoms with E-state index in [0.29, 0.717) is 5.92 Å². The van der Waals surface area contributed by atoms with E-state index in [0.717, 1.165) is 23.9 Å². The number of nitrogens with one attached hydrogen (secondary N) is 1. The van der Waals surface area contributed by atoms with Gasteiger partial charge in [0.05, 0.1) is 0 Å². The fourth-order valence-corrected chi connectivity index (χ4v) is 2.39. The normalized spacial score (nSPS) is 20.0. The summed E-state index contributed by atoms with van der Waals surface area (Å²) in [7, 11) is 0. The molecule has 2 rings (SSSR count). The molecule has 1 aromatic rings. The minimum atomic E-state index is 0.278. The van der Waals surface area contributed by atoms with Crippen LogP contribution in [-0.4, -0.2) is 18.3 Å². The van der Waals surface area contributed by atoms with E-state index in [1.54, 1.807) is 0 Å². The van der Waals surface area contributed by atoms with Crippen molar-refractivity contribution in [3.05, 3.63) is 28.2 Å². The summed E-state index contributed by atoms with van der Waals surface area (Å²) in [5.74, 6) is 0.518. The predicted octanol–water partition coefficient (Wildman–Crippen LogP) is 2.73. The Kier molecular flexibility index (Phi) is 3.08. The van der Waals surface area contributed by atoms with Crippen LogP contribution >= 0.6 is 15.9 Å². The van der Waals surface area contributed by atoms with Gasteiger partial charge in [-0.2, -0.15) is 0 Å². The molecule has 2 nitrogen and oxygen atoms in total. The van der Waals surface area contributed by atoms with Gasteiger partial charge in [-0.1, -0.05) is 22.0 Å². The fourth-order valence-electron chi connectivity index (χ4n) is 2.03. The number of aliphatic hydroxyl groups is 1. The lowest BCUT2D eigenvalue weighted by Crippen LogP contribution is -2.17. The van der Waals surface area contributed by atoms with Crippen LogP contribution in [0.2, 0.25) is 0 Å². The molecule has 1 aromatic carbocycles. The van der Waals surface area contributed by atoms with Crippen LogP contribution in [0.4, 0.5) is 5.69 Å². The monoisotopic (exact) mass is 255 g/mol. The fraction of sp³-hybridized carbons (Fsp3) is 0.455. The molecule has 0 bridgehead atoms. The van der Waals surface area contributed by atoms with Crippen molar-refractivity contribution >= 4 is 21.6 Å². The summed E-state index contributed by atoms with van der Waals surface area (Å²) in [6.07, 6.45) is 1.99. The maximum absolute atomic E-state index is 8.97. The second-order valence-corrected chi connectivity index (χ2v) is 4.57. The first-order valence-corrected chi connectivity index (χ1v) is 5.74. The number of benzene rings is 1. The Morgan fingerprint density at radius 2 is 2.36 bits per heavy atom. The average molecular weight is 256 g/mol. The summed E-state index contributed by atoms with van der Waals surface area (Å²) in [4.78, 5) is 0. The van der Waals surface area contributed by atoms with E-state index in [9.17, 15) is 0 Å². The lowest BCUT2D eigenvalue weighted by molar-refractivity contribution is 0.273. The number of hydrogen-bond acceptors (Lipinski definition) is 2. The lowest BCUT2D eigenvalue weighted by atomic mass is 9.89. The minimum absolute atomic E-state index is 0.278. The van der Waals surface area contributed by atoms with Gasteiger partial charge in [-0.05, 0) is 36.5 Å². The second kappa shape index (κ2) is 4.32. The highest BCUT2D eigenvalue weighted by Crippen LogP contribution is 2.35. The van der Waals surface area contributed by atoms with Crippen LogP contribution in [-0.2, 0) is 0 Å². The van der Waals surface area contributed by atoms with E-state index < -0.39 is 0 Å². The molecule has 3 heteroatoms. The van der Waals surface area contributed by atoms with Gasteiger partial charge in [-0.3, -0.25) is 0 Å². The molecule has 0 saturated carbocycles. The van der Waals surface area contributed by atoms with Crippen LogP contribution in [0.1, 0.15) is 24.3 Å². The molecular weight excluding hydrogens is 242 g/mol. The van der Waals surface area contributed by atoms with Gasteiger partial charge >= 0.3 is 0 Å². The highest BCUT2D eigenvalue weighted by Gasteiger charge is 2.19. The number of hydrogen-bond donors (Lipinski definition) is 2. The van der Waals surface area contributed by atoms with Crippen LogP contribution < -0.4 is 5.32 Å². The number of anilines is 1. The summed E-state index contributed by atoms with van der Waals surface area (Å²) in [6, 6.07) is 6.32. The third-order valence-corrected chi connectivity index (χ3v) is 3.23. The van der Waals surface area contributed by atoms with E-state index in [-0.39, 0.29) is 6.61 Å². The van der Waals surface area contributed by atoms with Crippen LogP contribution in [0.3, 0.4) is 0 Å². The number of rotatable bonds is 2. The van der Waals surface area contributed by atoms with Crippen LogP contribution in [0, 0.1) is 0 Å². The van der Waals surface area contributed by atoms with E-state index >= 15 is 0 Å². The Morgan fingerprint density at radius 1 is 1.50 bits per heavy atom. The molecular formula is C11H14BrNO. The molecule has 1 atom stereocenters. The molecule has 0 aliphatic carbocycles. The molecule has 0 spiro atoms. The summed E-state index contributed by atoms with van der Waals surface area (Å²) in [5.41, 5.74) is 2.55. The summed E-state index contributed by atoms with van der Waals surface area (Å²) in [5, 5.41) is 12.3. The van der Waals surface area contributed by atoms with E-state index in [2.05, 4.69) is 39.4 Å². The topological polar surface area (TPSA) is 32.3 Å². The first kappa shape index (κ1) is 9.99. The molecule has 1 heterocycles. The SMILES string of the molecule is OCCC1CCNc2cc(Br)ccc21. The van der Waals surface area contributed by atoms with Gasteiger partial charge in [0.2, 0.25) is 0 Å². The lowest BCUT2D eigenvalue weighted by Gasteiger charge is -2.26. The minimum Gasteiger partial charge on any atom is -0.396 e. The Bertz CT molecular complexity index is 327. The van der Waals surface area contributed by atoms with Crippen molar-refractivity contribution in [1.29, 1.82) is 0 Å². The zero-order valence-electron chi connectivity index (χ0n) is 7.96. The molecule has 0 amide bonds. The van der Waals surface area contributed by atoms with Crippen molar-refractivity contribution in [3.63, 3.8) is 0 Å². The standard InChI is InChI=1S/C11H14BrNO/c12-9-1-2-10-8(4-6-14)3-5-13-11(10)7-9/h1-2,7-8,13-14H,3-6H2. The van der Waals surface area contributed by atoms with Gasteiger partial charge in [0.15, 0.2) is 0 Å². The van der Waals surface area contributed by atoms with Gasteiger partial charge < -0.3 is 10.4 Å². The maximum Gasteiger partial charge on any atom is 0.0436 e. The van der Waals surface area contributed by atoms with Crippen molar-refractivity contribution in [1.82, 2.24) is 0 Å². The van der Waals surface area contributed by atoms with Gasteiger partial charge in [0, 0.05) is 23.3 Å². The van der Waals surface area contributed by atoms with Crippen molar-refractivity contribution < 1.29 is 5.11 Å². The summed E-state index contributed by atoms with van der Waals surface area (Å²) in [6.45, 7) is 1.29. The summed E-state index contributed by atoms with van der Waals surface area (Å²) < 4.78 is 1.10. The molecule has 1 unspecified atom stereocenters. The van der Waals surface area contributed by atoms with Crippen molar-refractivity contribution in [2.45, 2.75) is 18.8 Å². The Morgan fingerprint density at radius 3 is 3.14 bits per heavy atom. The first-order valence-electron chi connectivity index (χ1n) is 4.95. The Hall–Kier alpha value is -0.540. The summed E-state index contributed by atoms with van der Waals surface area (Å²) >= 11 is 3.46. The van der Waals surface area contributed by atoms with Gasteiger partial charge in [-0.15, -0.1) is 0 Å². The van der Waals surface area contributed by atoms with E-state index in [1.807, 2.05) is 0 Å². The van der Waals surface area contributed by atoms with Crippen LogP contribution in [0.15, 0.2) is 22.7 Å². The van der Waals surface area contributed by atoms with Gasteiger partial charge in [-0.25, -0.2) is 0 Å². The zero-order valence-corrected chi connectivity index (χ0v) is 9.55. The van der Waals surface area contributed by atoms with Crippen molar-refractivity contribution in [2.24, 2.45) is 0 Å². The molecule has 1 aliphatic heterocycles. The highest BCUT2D eigenvalue weighted by atomic mass is 79.9. The molecule has 0 saturated heterocycles. The second-order valence-electron chi connectivity index (χ2n) is 3.66. The van der Waals surface area contributed by atoms with Crippen molar-refractivity contribution in [2.75, 3.05) is 18.5 Å². The first-order chi connectivity index (χ1) is 6.81. The number of halogens is 1. The molecule has 2 N–H and O–H groups in total. The third-order valence-electron chi connectivity index (χ3n) is 2.74. The molecule has 0 radical (unpaired) electrons. The molecule has 76 valence electrons. The Labute approximate surface area is 92.5 Å². The molecule has 0 fully saturated rings. The van der Waals surface area contributed by atoms with Crippen molar-refractivity contribution in [3.8, 4) is 0 Å².